The van der Waals surface area contributed by atoms with Gasteiger partial charge in [0.15, 0.2) is 5.17 Å². The normalized spacial score (nSPS) is 18.9. The zero-order valence-electron chi connectivity index (χ0n) is 14.3. The van der Waals surface area contributed by atoms with Crippen LogP contribution in [0.4, 0.5) is 11.4 Å². The first-order valence-electron chi connectivity index (χ1n) is 8.40. The van der Waals surface area contributed by atoms with E-state index in [-0.39, 0.29) is 11.6 Å². The maximum Gasteiger partial charge on any atom is 0.286 e. The lowest BCUT2D eigenvalue weighted by Crippen LogP contribution is -2.47. The van der Waals surface area contributed by atoms with Gasteiger partial charge in [0.05, 0.1) is 9.83 Å². The van der Waals surface area contributed by atoms with E-state index in [4.69, 9.17) is 0 Å². The minimum Gasteiger partial charge on any atom is -0.368 e. The number of nitrogens with zero attached hydrogens (tertiary/aromatic N) is 4. The third-order valence-electron chi connectivity index (χ3n) is 4.40. The maximum atomic E-state index is 12.2. The van der Waals surface area contributed by atoms with Crippen LogP contribution in [0, 0.1) is 10.1 Å². The molecule has 1 aromatic heterocycles. The second kappa shape index (κ2) is 7.53. The van der Waals surface area contributed by atoms with Gasteiger partial charge in [0.25, 0.3) is 11.6 Å². The largest absolute Gasteiger partial charge is 0.368 e. The van der Waals surface area contributed by atoms with E-state index in [1.807, 2.05) is 23.6 Å². The molecule has 0 N–H and O–H groups in total. The van der Waals surface area contributed by atoms with Gasteiger partial charge in [-0.15, -0.1) is 11.3 Å². The fraction of sp³-hybridized carbons (Fsp3) is 0.222. The molecule has 27 heavy (non-hydrogen) atoms. The highest BCUT2D eigenvalue weighted by atomic mass is 32.2. The van der Waals surface area contributed by atoms with Gasteiger partial charge < -0.3 is 9.80 Å². The number of carbonyl (C=O) groups is 1. The van der Waals surface area contributed by atoms with E-state index in [1.165, 1.54) is 23.9 Å². The first-order chi connectivity index (χ1) is 13.1. The summed E-state index contributed by atoms with van der Waals surface area (Å²) >= 11 is 3.02. The summed E-state index contributed by atoms with van der Waals surface area (Å²) < 4.78 is 0. The van der Waals surface area contributed by atoms with Crippen molar-refractivity contribution in [2.24, 2.45) is 4.99 Å². The number of thioether (sulfide) groups is 1. The SMILES string of the molecule is O=C1N=C(N2CCN(c3ccc([N+](=O)[O-])cc3)CC2)SC1=Cc1cccs1. The van der Waals surface area contributed by atoms with Crippen LogP contribution in [-0.4, -0.2) is 47.1 Å². The van der Waals surface area contributed by atoms with Crippen LogP contribution < -0.4 is 4.90 Å². The number of amidine groups is 1. The van der Waals surface area contributed by atoms with Crippen LogP contribution in [0.15, 0.2) is 51.7 Å². The third-order valence-corrected chi connectivity index (χ3v) is 6.27. The Morgan fingerprint density at radius 1 is 1.07 bits per heavy atom. The number of nitro groups is 1. The number of carbonyl (C=O) groups excluding carboxylic acids is 1. The lowest BCUT2D eigenvalue weighted by Gasteiger charge is -2.36. The van der Waals surface area contributed by atoms with Crippen LogP contribution in [0.25, 0.3) is 6.08 Å². The molecule has 0 radical (unpaired) electrons. The Kier molecular flexibility index (Phi) is 4.95. The molecule has 1 saturated heterocycles. The third kappa shape index (κ3) is 3.88. The standard InChI is InChI=1S/C18H16N4O3S2/c23-17-16(12-15-2-1-11-26-15)27-18(19-17)21-9-7-20(8-10-21)13-3-5-14(6-4-13)22(24)25/h1-6,11-12H,7-10H2. The van der Waals surface area contributed by atoms with E-state index < -0.39 is 4.92 Å². The maximum absolute atomic E-state index is 12.2. The molecule has 3 heterocycles. The van der Waals surface area contributed by atoms with Crippen molar-refractivity contribution in [3.8, 4) is 0 Å². The number of benzene rings is 1. The van der Waals surface area contributed by atoms with Gasteiger partial charge in [-0.1, -0.05) is 6.07 Å². The molecule has 2 aliphatic heterocycles. The number of hydrogen-bond donors (Lipinski definition) is 0. The lowest BCUT2D eigenvalue weighted by atomic mass is 10.2. The molecular weight excluding hydrogens is 384 g/mol. The van der Waals surface area contributed by atoms with Gasteiger partial charge in [0.2, 0.25) is 0 Å². The first-order valence-corrected chi connectivity index (χ1v) is 10.1. The van der Waals surface area contributed by atoms with Gasteiger partial charge >= 0.3 is 0 Å². The monoisotopic (exact) mass is 400 g/mol. The average molecular weight is 400 g/mol. The van der Waals surface area contributed by atoms with Crippen molar-refractivity contribution in [1.29, 1.82) is 0 Å². The van der Waals surface area contributed by atoms with E-state index in [9.17, 15) is 14.9 Å². The van der Waals surface area contributed by atoms with E-state index in [1.54, 1.807) is 23.5 Å². The Hall–Kier alpha value is -2.65. The van der Waals surface area contributed by atoms with Gasteiger partial charge in [-0.25, -0.2) is 0 Å². The number of non-ortho nitro benzene ring substituents is 1. The highest BCUT2D eigenvalue weighted by molar-refractivity contribution is 8.18. The van der Waals surface area contributed by atoms with Crippen molar-refractivity contribution >= 4 is 51.6 Å². The van der Waals surface area contributed by atoms with E-state index in [2.05, 4.69) is 14.8 Å². The van der Waals surface area contributed by atoms with Crippen LogP contribution in [0.1, 0.15) is 4.88 Å². The molecule has 4 rings (SSSR count). The molecular formula is C18H16N4O3S2. The molecule has 0 bridgehead atoms. The quantitative estimate of drug-likeness (QED) is 0.446. The van der Waals surface area contributed by atoms with Gasteiger partial charge in [-0.3, -0.25) is 14.9 Å². The van der Waals surface area contributed by atoms with Crippen LogP contribution >= 0.6 is 23.1 Å². The molecule has 0 atom stereocenters. The van der Waals surface area contributed by atoms with Crippen molar-refractivity contribution < 1.29 is 9.72 Å². The topological polar surface area (TPSA) is 79.0 Å². The number of rotatable bonds is 3. The predicted molar refractivity (Wildman–Crippen MR) is 109 cm³/mol. The Labute approximate surface area is 164 Å². The van der Waals surface area contributed by atoms with E-state index in [0.717, 1.165) is 41.9 Å². The summed E-state index contributed by atoms with van der Waals surface area (Å²) in [5.41, 5.74) is 1.06. The molecule has 0 spiro atoms. The van der Waals surface area contributed by atoms with Crippen molar-refractivity contribution in [3.05, 3.63) is 61.7 Å². The number of anilines is 1. The molecule has 1 amide bonds. The van der Waals surface area contributed by atoms with Crippen molar-refractivity contribution in [2.75, 3.05) is 31.1 Å². The van der Waals surface area contributed by atoms with Crippen molar-refractivity contribution in [3.63, 3.8) is 0 Å². The molecule has 1 fully saturated rings. The first kappa shape index (κ1) is 17.7. The fourth-order valence-electron chi connectivity index (χ4n) is 2.98. The zero-order chi connectivity index (χ0) is 18.8. The molecule has 1 aromatic carbocycles. The second-order valence-corrected chi connectivity index (χ2v) is 8.06. The van der Waals surface area contributed by atoms with Crippen LogP contribution in [0.5, 0.6) is 0 Å². The molecule has 0 saturated carbocycles. The Balaban J connectivity index is 1.37. The van der Waals surface area contributed by atoms with Crippen LogP contribution in [0.3, 0.4) is 0 Å². The van der Waals surface area contributed by atoms with Crippen molar-refractivity contribution in [2.45, 2.75) is 0 Å². The van der Waals surface area contributed by atoms with Crippen LogP contribution in [0.2, 0.25) is 0 Å². The Bertz CT molecular complexity index is 915. The number of piperazine rings is 1. The minimum atomic E-state index is -0.393. The fourth-order valence-corrected chi connectivity index (χ4v) is 4.66. The average Bonchev–Trinajstić information content (AvgIpc) is 3.32. The summed E-state index contributed by atoms with van der Waals surface area (Å²) in [6.45, 7) is 3.05. The number of hydrogen-bond acceptors (Lipinski definition) is 7. The molecule has 7 nitrogen and oxygen atoms in total. The molecule has 0 aliphatic carbocycles. The number of thiophene rings is 1. The summed E-state index contributed by atoms with van der Waals surface area (Å²) in [7, 11) is 0. The Morgan fingerprint density at radius 2 is 1.78 bits per heavy atom. The summed E-state index contributed by atoms with van der Waals surface area (Å²) in [5, 5.41) is 13.5. The molecule has 2 aliphatic rings. The van der Waals surface area contributed by atoms with Gasteiger partial charge in [0, 0.05) is 48.9 Å². The summed E-state index contributed by atoms with van der Waals surface area (Å²) in [4.78, 5) is 32.8. The number of aliphatic imine (C=N–C) groups is 1. The summed E-state index contributed by atoms with van der Waals surface area (Å²) in [6, 6.07) is 10.5. The van der Waals surface area contributed by atoms with E-state index in [0.29, 0.717) is 4.91 Å². The Morgan fingerprint density at radius 3 is 2.41 bits per heavy atom. The summed E-state index contributed by atoms with van der Waals surface area (Å²) in [5.74, 6) is -0.179. The van der Waals surface area contributed by atoms with E-state index >= 15 is 0 Å². The number of nitro benzene ring substituents is 1. The predicted octanol–water partition coefficient (Wildman–Crippen LogP) is 3.45. The second-order valence-electron chi connectivity index (χ2n) is 6.07. The zero-order valence-corrected chi connectivity index (χ0v) is 15.9. The van der Waals surface area contributed by atoms with Crippen LogP contribution in [-0.2, 0) is 4.79 Å². The molecule has 138 valence electrons. The molecule has 2 aromatic rings. The molecule has 9 heteroatoms. The summed E-state index contributed by atoms with van der Waals surface area (Å²) in [6.07, 6.45) is 1.89. The van der Waals surface area contributed by atoms with Gasteiger partial charge in [0.1, 0.15) is 0 Å². The minimum absolute atomic E-state index is 0.0951. The van der Waals surface area contributed by atoms with Gasteiger partial charge in [-0.2, -0.15) is 4.99 Å². The van der Waals surface area contributed by atoms with Crippen molar-refractivity contribution in [1.82, 2.24) is 4.90 Å². The number of amides is 1. The van der Waals surface area contributed by atoms with Gasteiger partial charge in [-0.05, 0) is 41.4 Å². The molecule has 0 unspecified atom stereocenters. The smallest absolute Gasteiger partial charge is 0.286 e. The highest BCUT2D eigenvalue weighted by Crippen LogP contribution is 2.32. The highest BCUT2D eigenvalue weighted by Gasteiger charge is 2.28. The lowest BCUT2D eigenvalue weighted by molar-refractivity contribution is -0.384.